The SMILES string of the molecule is Clc1cccc(CN(Cc2ccco2)Cc2cccs2)c1. The minimum absolute atomic E-state index is 0.779. The molecule has 0 aliphatic rings. The van der Waals surface area contributed by atoms with E-state index in [-0.39, 0.29) is 0 Å². The highest BCUT2D eigenvalue weighted by Crippen LogP contribution is 2.19. The second-order valence-corrected chi connectivity index (χ2v) is 6.40. The van der Waals surface area contributed by atoms with E-state index in [9.17, 15) is 0 Å². The highest BCUT2D eigenvalue weighted by molar-refractivity contribution is 7.09. The number of rotatable bonds is 6. The topological polar surface area (TPSA) is 16.4 Å². The molecule has 0 amide bonds. The lowest BCUT2D eigenvalue weighted by atomic mass is 10.2. The first-order valence-electron chi connectivity index (χ1n) is 6.81. The molecule has 2 heterocycles. The molecule has 1 aromatic carbocycles. The van der Waals surface area contributed by atoms with E-state index in [1.54, 1.807) is 17.6 Å². The van der Waals surface area contributed by atoms with Crippen LogP contribution in [0, 0.1) is 0 Å². The normalized spacial score (nSPS) is 11.1. The lowest BCUT2D eigenvalue weighted by molar-refractivity contribution is 0.229. The zero-order valence-corrected chi connectivity index (χ0v) is 13.1. The predicted octanol–water partition coefficient (Wildman–Crippen LogP) is 5.20. The summed E-state index contributed by atoms with van der Waals surface area (Å²) < 4.78 is 5.48. The average Bonchev–Trinajstić information content (AvgIpc) is 3.12. The molecule has 2 aromatic heterocycles. The van der Waals surface area contributed by atoms with Gasteiger partial charge in [0.1, 0.15) is 5.76 Å². The monoisotopic (exact) mass is 317 g/mol. The van der Waals surface area contributed by atoms with Gasteiger partial charge in [-0.2, -0.15) is 0 Å². The van der Waals surface area contributed by atoms with Crippen molar-refractivity contribution in [3.63, 3.8) is 0 Å². The maximum atomic E-state index is 6.08. The molecule has 0 N–H and O–H groups in total. The van der Waals surface area contributed by atoms with E-state index in [0.29, 0.717) is 0 Å². The van der Waals surface area contributed by atoms with Crippen molar-refractivity contribution < 1.29 is 4.42 Å². The standard InChI is InChI=1S/C17H16ClNOS/c18-15-5-1-4-14(10-15)11-19(12-16-6-2-8-20-16)13-17-7-3-9-21-17/h1-10H,11-13H2. The molecule has 0 unspecified atom stereocenters. The summed E-state index contributed by atoms with van der Waals surface area (Å²) in [5.74, 6) is 0.980. The van der Waals surface area contributed by atoms with Crippen LogP contribution < -0.4 is 0 Å². The lowest BCUT2D eigenvalue weighted by Gasteiger charge is -2.20. The smallest absolute Gasteiger partial charge is 0.117 e. The third-order valence-corrected chi connectivity index (χ3v) is 4.31. The van der Waals surface area contributed by atoms with Crippen LogP contribution in [-0.2, 0) is 19.6 Å². The molecule has 0 radical (unpaired) electrons. The highest BCUT2D eigenvalue weighted by atomic mass is 35.5. The molecule has 3 rings (SSSR count). The predicted molar refractivity (Wildman–Crippen MR) is 87.4 cm³/mol. The van der Waals surface area contributed by atoms with Gasteiger partial charge >= 0.3 is 0 Å². The van der Waals surface area contributed by atoms with E-state index in [1.165, 1.54) is 10.4 Å². The second-order valence-electron chi connectivity index (χ2n) is 4.93. The molecule has 0 atom stereocenters. The largest absolute Gasteiger partial charge is 0.468 e. The summed E-state index contributed by atoms with van der Waals surface area (Å²) >= 11 is 7.86. The minimum atomic E-state index is 0.779. The maximum absolute atomic E-state index is 6.08. The molecule has 3 aromatic rings. The molecule has 0 aliphatic carbocycles. The van der Waals surface area contributed by atoms with Gasteiger partial charge in [0, 0.05) is 23.0 Å². The lowest BCUT2D eigenvalue weighted by Crippen LogP contribution is -2.21. The Morgan fingerprint density at radius 3 is 2.67 bits per heavy atom. The molecule has 21 heavy (non-hydrogen) atoms. The van der Waals surface area contributed by atoms with E-state index in [2.05, 4.69) is 28.5 Å². The third-order valence-electron chi connectivity index (χ3n) is 3.21. The summed E-state index contributed by atoms with van der Waals surface area (Å²) in [7, 11) is 0. The Labute approximate surface area is 133 Å². The number of nitrogens with zero attached hydrogens (tertiary/aromatic N) is 1. The third kappa shape index (κ3) is 4.21. The Bertz CT molecular complexity index is 628. The Hall–Kier alpha value is -1.55. The molecule has 0 spiro atoms. The number of hydrogen-bond acceptors (Lipinski definition) is 3. The molecule has 0 saturated carbocycles. The van der Waals surface area contributed by atoms with Crippen molar-refractivity contribution >= 4 is 22.9 Å². The Morgan fingerprint density at radius 1 is 1.00 bits per heavy atom. The van der Waals surface area contributed by atoms with Crippen molar-refractivity contribution in [3.8, 4) is 0 Å². The first-order valence-corrected chi connectivity index (χ1v) is 8.07. The van der Waals surface area contributed by atoms with Crippen LogP contribution >= 0.6 is 22.9 Å². The van der Waals surface area contributed by atoms with Gasteiger partial charge in [-0.3, -0.25) is 4.90 Å². The van der Waals surface area contributed by atoms with E-state index < -0.39 is 0 Å². The van der Waals surface area contributed by atoms with Crippen LogP contribution in [0.3, 0.4) is 0 Å². The number of furan rings is 1. The molecule has 0 aliphatic heterocycles. The molecule has 0 fully saturated rings. The maximum Gasteiger partial charge on any atom is 0.117 e. The van der Waals surface area contributed by atoms with Gasteiger partial charge in [0.25, 0.3) is 0 Å². The summed E-state index contributed by atoms with van der Waals surface area (Å²) in [6.07, 6.45) is 1.72. The zero-order valence-electron chi connectivity index (χ0n) is 11.5. The summed E-state index contributed by atoms with van der Waals surface area (Å²) in [6.45, 7) is 2.54. The second kappa shape index (κ2) is 6.94. The zero-order chi connectivity index (χ0) is 14.5. The van der Waals surface area contributed by atoms with Crippen molar-refractivity contribution in [1.82, 2.24) is 4.90 Å². The average molecular weight is 318 g/mol. The quantitative estimate of drug-likeness (QED) is 0.621. The molecule has 4 heteroatoms. The highest BCUT2D eigenvalue weighted by Gasteiger charge is 2.10. The first-order chi connectivity index (χ1) is 10.3. The van der Waals surface area contributed by atoms with E-state index in [4.69, 9.17) is 16.0 Å². The van der Waals surface area contributed by atoms with Gasteiger partial charge in [-0.1, -0.05) is 29.8 Å². The van der Waals surface area contributed by atoms with Crippen LogP contribution in [0.2, 0.25) is 5.02 Å². The van der Waals surface area contributed by atoms with Crippen molar-refractivity contribution in [2.75, 3.05) is 0 Å². The van der Waals surface area contributed by atoms with E-state index in [1.807, 2.05) is 30.3 Å². The van der Waals surface area contributed by atoms with Crippen molar-refractivity contribution in [3.05, 3.63) is 81.4 Å². The molecule has 108 valence electrons. The van der Waals surface area contributed by atoms with Crippen LogP contribution in [0.15, 0.2) is 64.6 Å². The minimum Gasteiger partial charge on any atom is -0.468 e. The van der Waals surface area contributed by atoms with E-state index >= 15 is 0 Å². The van der Waals surface area contributed by atoms with Gasteiger partial charge in [-0.25, -0.2) is 0 Å². The van der Waals surface area contributed by atoms with Gasteiger partial charge in [0.2, 0.25) is 0 Å². The Morgan fingerprint density at radius 2 is 1.95 bits per heavy atom. The van der Waals surface area contributed by atoms with Gasteiger partial charge in [-0.15, -0.1) is 11.3 Å². The van der Waals surface area contributed by atoms with Crippen molar-refractivity contribution in [1.29, 1.82) is 0 Å². The Kier molecular flexibility index (Phi) is 4.76. The van der Waals surface area contributed by atoms with Gasteiger partial charge < -0.3 is 4.42 Å². The van der Waals surface area contributed by atoms with Crippen LogP contribution in [0.25, 0.3) is 0 Å². The van der Waals surface area contributed by atoms with Crippen LogP contribution in [0.1, 0.15) is 16.2 Å². The molecular formula is C17H16ClNOS. The first kappa shape index (κ1) is 14.4. The van der Waals surface area contributed by atoms with Crippen molar-refractivity contribution in [2.45, 2.75) is 19.6 Å². The van der Waals surface area contributed by atoms with E-state index in [0.717, 1.165) is 30.4 Å². The van der Waals surface area contributed by atoms with Crippen LogP contribution in [0.5, 0.6) is 0 Å². The number of hydrogen-bond donors (Lipinski definition) is 0. The van der Waals surface area contributed by atoms with Gasteiger partial charge in [0.05, 0.1) is 12.8 Å². The molecule has 0 saturated heterocycles. The number of benzene rings is 1. The van der Waals surface area contributed by atoms with Crippen LogP contribution in [0.4, 0.5) is 0 Å². The van der Waals surface area contributed by atoms with Crippen LogP contribution in [-0.4, -0.2) is 4.90 Å². The molecule has 0 bridgehead atoms. The summed E-state index contributed by atoms with van der Waals surface area (Å²) in [6, 6.07) is 16.2. The molecule has 2 nitrogen and oxygen atoms in total. The van der Waals surface area contributed by atoms with Gasteiger partial charge in [-0.05, 0) is 41.3 Å². The summed E-state index contributed by atoms with van der Waals surface area (Å²) in [5.41, 5.74) is 1.21. The molecular weight excluding hydrogens is 302 g/mol. The summed E-state index contributed by atoms with van der Waals surface area (Å²) in [4.78, 5) is 3.71. The fourth-order valence-electron chi connectivity index (χ4n) is 2.31. The van der Waals surface area contributed by atoms with Gasteiger partial charge in [0.15, 0.2) is 0 Å². The Balaban J connectivity index is 1.74. The number of halogens is 1. The fraction of sp³-hybridized carbons (Fsp3) is 0.176. The fourth-order valence-corrected chi connectivity index (χ4v) is 3.27. The number of thiophene rings is 1. The van der Waals surface area contributed by atoms with Crippen molar-refractivity contribution in [2.24, 2.45) is 0 Å². The summed E-state index contributed by atoms with van der Waals surface area (Å²) in [5, 5.41) is 2.89.